The highest BCUT2D eigenvalue weighted by Crippen LogP contribution is 2.52. The highest BCUT2D eigenvalue weighted by atomic mass is 79.9. The maximum Gasteiger partial charge on any atom is 0.162 e. The van der Waals surface area contributed by atoms with E-state index in [1.165, 1.54) is 0 Å². The van der Waals surface area contributed by atoms with Gasteiger partial charge in [-0.2, -0.15) is 5.26 Å². The molecule has 3 aromatic rings. The van der Waals surface area contributed by atoms with Gasteiger partial charge in [0.15, 0.2) is 5.78 Å². The van der Waals surface area contributed by atoms with Crippen LogP contribution in [0.3, 0.4) is 0 Å². The van der Waals surface area contributed by atoms with Gasteiger partial charge in [-0.05, 0) is 63.5 Å². The summed E-state index contributed by atoms with van der Waals surface area (Å²) in [5, 5.41) is 12.4. The van der Waals surface area contributed by atoms with Gasteiger partial charge in [-0.15, -0.1) is 11.3 Å². The van der Waals surface area contributed by atoms with Crippen molar-refractivity contribution in [1.29, 1.82) is 5.26 Å². The third-order valence-electron chi connectivity index (χ3n) is 5.93. The van der Waals surface area contributed by atoms with E-state index in [0.29, 0.717) is 17.8 Å². The largest absolute Gasteiger partial charge is 0.309 e. The van der Waals surface area contributed by atoms with Crippen LogP contribution in [0.4, 0.5) is 5.82 Å². The lowest BCUT2D eigenvalue weighted by molar-refractivity contribution is -0.118. The number of nitrogens with zero attached hydrogens (tertiary/aromatic N) is 4. The lowest BCUT2D eigenvalue weighted by atomic mass is 9.69. The van der Waals surface area contributed by atoms with Crippen molar-refractivity contribution in [2.45, 2.75) is 32.6 Å². The highest BCUT2D eigenvalue weighted by molar-refractivity contribution is 9.10. The molecular weight excluding hydrogens is 484 g/mol. The minimum Gasteiger partial charge on any atom is -0.309 e. The fourth-order valence-corrected chi connectivity index (χ4v) is 5.76. The van der Waals surface area contributed by atoms with E-state index in [9.17, 15) is 10.1 Å². The average molecular weight is 505 g/mol. The second-order valence-electron chi connectivity index (χ2n) is 8.86. The van der Waals surface area contributed by atoms with E-state index < -0.39 is 0 Å². The number of carbonyl (C=O) groups excluding carboxylic acids is 1. The first-order valence-electron chi connectivity index (χ1n) is 10.4. The molecule has 0 saturated carbocycles. The molecule has 0 fully saturated rings. The zero-order valence-corrected chi connectivity index (χ0v) is 20.2. The normalized spacial score (nSPS) is 20.4. The summed E-state index contributed by atoms with van der Waals surface area (Å²) in [6.45, 7) is 4.25. The van der Waals surface area contributed by atoms with Gasteiger partial charge in [0, 0.05) is 45.6 Å². The third kappa shape index (κ3) is 3.44. The lowest BCUT2D eigenvalue weighted by Crippen LogP contribution is -2.40. The first-order chi connectivity index (χ1) is 15.4. The Morgan fingerprint density at radius 2 is 1.97 bits per heavy atom. The zero-order chi connectivity index (χ0) is 22.5. The Kier molecular flexibility index (Phi) is 5.15. The molecule has 0 spiro atoms. The molecule has 32 heavy (non-hydrogen) atoms. The van der Waals surface area contributed by atoms with Crippen LogP contribution in [0.15, 0.2) is 81.7 Å². The number of aromatic nitrogens is 2. The fraction of sp³-hybridized carbons (Fsp3) is 0.240. The zero-order valence-electron chi connectivity index (χ0n) is 17.7. The first kappa shape index (κ1) is 20.9. The summed E-state index contributed by atoms with van der Waals surface area (Å²) in [6.07, 6.45) is 6.80. The Bertz CT molecular complexity index is 1280. The number of hydrogen-bond acceptors (Lipinski definition) is 5. The summed E-state index contributed by atoms with van der Waals surface area (Å²) in [7, 11) is 0. The van der Waals surface area contributed by atoms with Gasteiger partial charge in [0.05, 0.1) is 17.6 Å². The number of ketones is 1. The van der Waals surface area contributed by atoms with Crippen LogP contribution >= 0.6 is 27.3 Å². The van der Waals surface area contributed by atoms with Gasteiger partial charge in [0.2, 0.25) is 0 Å². The van der Waals surface area contributed by atoms with Gasteiger partial charge in [0.1, 0.15) is 11.6 Å². The Hall–Kier alpha value is -2.95. The van der Waals surface area contributed by atoms with E-state index >= 15 is 0 Å². The number of rotatable bonds is 3. The molecule has 4 heterocycles. The number of nitriles is 1. The molecule has 1 aliphatic heterocycles. The maximum absolute atomic E-state index is 13.6. The number of carbonyl (C=O) groups is 1. The van der Waals surface area contributed by atoms with Crippen molar-refractivity contribution in [3.05, 3.63) is 86.6 Å². The summed E-state index contributed by atoms with van der Waals surface area (Å²) < 4.78 is 2.83. The van der Waals surface area contributed by atoms with Crippen LogP contribution < -0.4 is 4.90 Å². The Labute approximate surface area is 199 Å². The molecule has 160 valence electrons. The van der Waals surface area contributed by atoms with Gasteiger partial charge in [-0.3, -0.25) is 9.69 Å². The number of allylic oxidation sites excluding steroid dienone is 3. The van der Waals surface area contributed by atoms with Crippen molar-refractivity contribution < 1.29 is 4.79 Å². The molecule has 0 saturated heterocycles. The summed E-state index contributed by atoms with van der Waals surface area (Å²) >= 11 is 5.05. The Morgan fingerprint density at radius 3 is 2.59 bits per heavy atom. The standard InChI is InChI=1S/C25H21BrN4OS/c1-25(2)12-18-23(19(31)13-25)22(20-6-5-11-32-20)17(14-27)24(29-9-3-4-10-29)30(18)21-8-7-16(26)15-28-21/h3-11,15,22H,12-13H2,1-2H3. The number of thiophene rings is 1. The molecule has 0 N–H and O–H groups in total. The summed E-state index contributed by atoms with van der Waals surface area (Å²) in [4.78, 5) is 21.3. The molecule has 1 atom stereocenters. The van der Waals surface area contributed by atoms with Crippen molar-refractivity contribution in [1.82, 2.24) is 9.55 Å². The van der Waals surface area contributed by atoms with Crippen molar-refractivity contribution in [2.24, 2.45) is 5.41 Å². The van der Waals surface area contributed by atoms with Crippen LogP contribution in [-0.4, -0.2) is 15.3 Å². The lowest BCUT2D eigenvalue weighted by Gasteiger charge is -2.44. The van der Waals surface area contributed by atoms with Gasteiger partial charge in [-0.1, -0.05) is 19.9 Å². The first-order valence-corrected chi connectivity index (χ1v) is 12.1. The van der Waals surface area contributed by atoms with E-state index in [0.717, 1.165) is 32.9 Å². The second-order valence-corrected chi connectivity index (χ2v) is 10.8. The summed E-state index contributed by atoms with van der Waals surface area (Å²) in [5.41, 5.74) is 2.03. The molecule has 0 amide bonds. The van der Waals surface area contributed by atoms with Gasteiger partial charge < -0.3 is 4.57 Å². The van der Waals surface area contributed by atoms with Gasteiger partial charge in [-0.25, -0.2) is 4.98 Å². The predicted molar refractivity (Wildman–Crippen MR) is 130 cm³/mol. The van der Waals surface area contributed by atoms with E-state index in [-0.39, 0.29) is 17.1 Å². The number of anilines is 1. The molecule has 7 heteroatoms. The summed E-state index contributed by atoms with van der Waals surface area (Å²) in [6, 6.07) is 14.2. The van der Waals surface area contributed by atoms with Crippen molar-refractivity contribution in [3.63, 3.8) is 0 Å². The topological polar surface area (TPSA) is 61.9 Å². The Balaban J connectivity index is 1.85. The monoisotopic (exact) mass is 504 g/mol. The Morgan fingerprint density at radius 1 is 1.19 bits per heavy atom. The van der Waals surface area contributed by atoms with Crippen molar-refractivity contribution in [2.75, 3.05) is 4.90 Å². The molecular formula is C25H21BrN4OS. The second kappa shape index (κ2) is 7.88. The molecule has 0 aromatic carbocycles. The molecule has 1 unspecified atom stereocenters. The quantitative estimate of drug-likeness (QED) is 0.417. The molecule has 0 bridgehead atoms. The molecule has 5 nitrogen and oxygen atoms in total. The number of hydrogen-bond donors (Lipinski definition) is 0. The SMILES string of the molecule is CC1(C)CC(=O)C2=C(C1)N(c1ccc(Br)cn1)C(n1cccc1)=C(C#N)C2c1cccs1. The van der Waals surface area contributed by atoms with Crippen LogP contribution in [0, 0.1) is 16.7 Å². The third-order valence-corrected chi connectivity index (χ3v) is 7.34. The molecule has 1 aliphatic carbocycles. The minimum absolute atomic E-state index is 0.107. The van der Waals surface area contributed by atoms with Crippen molar-refractivity contribution >= 4 is 44.7 Å². The molecule has 3 aromatic heterocycles. The van der Waals surface area contributed by atoms with Crippen LogP contribution in [0.2, 0.25) is 0 Å². The van der Waals surface area contributed by atoms with Crippen molar-refractivity contribution in [3.8, 4) is 6.07 Å². The van der Waals surface area contributed by atoms with Crippen LogP contribution in [-0.2, 0) is 4.79 Å². The van der Waals surface area contributed by atoms with Crippen LogP contribution in [0.5, 0.6) is 0 Å². The maximum atomic E-state index is 13.6. The number of halogens is 1. The van der Waals surface area contributed by atoms with Crippen LogP contribution in [0.1, 0.15) is 37.5 Å². The molecule has 0 radical (unpaired) electrons. The van der Waals surface area contributed by atoms with E-state index in [4.69, 9.17) is 0 Å². The smallest absolute Gasteiger partial charge is 0.162 e. The minimum atomic E-state index is -0.373. The van der Waals surface area contributed by atoms with Gasteiger partial charge in [0.25, 0.3) is 0 Å². The fourth-order valence-electron chi connectivity index (χ4n) is 4.68. The highest BCUT2D eigenvalue weighted by Gasteiger charge is 2.46. The molecule has 5 rings (SSSR count). The summed E-state index contributed by atoms with van der Waals surface area (Å²) in [5.74, 6) is 1.15. The number of Topliss-reactive ketones (excluding diaryl/α,β-unsaturated/α-hetero) is 1. The average Bonchev–Trinajstić information content (AvgIpc) is 3.46. The molecule has 2 aliphatic rings. The van der Waals surface area contributed by atoms with E-state index in [1.807, 2.05) is 63.6 Å². The van der Waals surface area contributed by atoms with Gasteiger partial charge >= 0.3 is 0 Å². The predicted octanol–water partition coefficient (Wildman–Crippen LogP) is 6.35. The van der Waals surface area contributed by atoms with E-state index in [1.54, 1.807) is 17.5 Å². The van der Waals surface area contributed by atoms with E-state index in [2.05, 4.69) is 40.8 Å². The van der Waals surface area contributed by atoms with Crippen LogP contribution in [0.25, 0.3) is 5.82 Å². The number of pyridine rings is 1.